The summed E-state index contributed by atoms with van der Waals surface area (Å²) in [5.41, 5.74) is 1.01. The van der Waals surface area contributed by atoms with Crippen LogP contribution in [-0.4, -0.2) is 47.2 Å². The highest BCUT2D eigenvalue weighted by Gasteiger charge is 2.45. The first kappa shape index (κ1) is 25.6. The molecule has 1 aliphatic carbocycles. The molecule has 3 aliphatic rings. The van der Waals surface area contributed by atoms with Gasteiger partial charge < -0.3 is 19.3 Å². The third kappa shape index (κ3) is 6.28. The van der Waals surface area contributed by atoms with Crippen LogP contribution >= 0.6 is 0 Å². The van der Waals surface area contributed by atoms with E-state index in [2.05, 4.69) is 6.92 Å². The fraction of sp³-hybridized carbons (Fsp3) is 0.548. The van der Waals surface area contributed by atoms with Gasteiger partial charge in [0.1, 0.15) is 12.4 Å². The summed E-state index contributed by atoms with van der Waals surface area (Å²) in [5.74, 6) is 2.09. The number of ether oxygens (including phenoxy) is 2. The summed E-state index contributed by atoms with van der Waals surface area (Å²) in [5, 5.41) is 0. The molecule has 0 aromatic heterocycles. The summed E-state index contributed by atoms with van der Waals surface area (Å²) < 4.78 is 11.5. The molecule has 2 saturated heterocycles. The largest absolute Gasteiger partial charge is 0.445 e. The molecule has 2 aromatic rings. The molecule has 2 aromatic carbocycles. The average molecular weight is 505 g/mol. The summed E-state index contributed by atoms with van der Waals surface area (Å²) >= 11 is 0. The van der Waals surface area contributed by atoms with Crippen molar-refractivity contribution in [2.75, 3.05) is 13.1 Å². The number of carbonyl (C=O) groups excluding carboxylic acids is 2. The van der Waals surface area contributed by atoms with E-state index in [9.17, 15) is 9.59 Å². The minimum absolute atomic E-state index is 0.189. The van der Waals surface area contributed by atoms with Crippen molar-refractivity contribution in [2.45, 2.75) is 77.0 Å². The van der Waals surface area contributed by atoms with Crippen LogP contribution in [0.3, 0.4) is 0 Å². The van der Waals surface area contributed by atoms with Gasteiger partial charge in [0.2, 0.25) is 0 Å². The SMILES string of the molecule is C[C@@H]1C[C@@H](C[C@@H]2CCCCN2C(=O)OCc2ccccc2)[C@H]2CCCN(C(=O)Oc3ccccc3)[C@@H]2C1. The van der Waals surface area contributed by atoms with E-state index in [1.54, 1.807) is 0 Å². The predicted octanol–water partition coefficient (Wildman–Crippen LogP) is 6.89. The molecule has 198 valence electrons. The number of benzene rings is 2. The zero-order valence-electron chi connectivity index (χ0n) is 22.0. The van der Waals surface area contributed by atoms with E-state index in [-0.39, 0.29) is 24.3 Å². The van der Waals surface area contributed by atoms with Crippen molar-refractivity contribution < 1.29 is 19.1 Å². The van der Waals surface area contributed by atoms with E-state index in [0.29, 0.717) is 30.1 Å². The molecular weight excluding hydrogens is 464 g/mol. The molecule has 0 bridgehead atoms. The molecule has 5 atom stereocenters. The maximum absolute atomic E-state index is 13.2. The standard InChI is InChI=1S/C31H40N2O4/c1-23-19-25(21-26-13-8-9-17-32(26)30(34)36-22-24-11-4-2-5-12-24)28-16-10-18-33(29(28)20-23)31(35)37-27-14-6-3-7-15-27/h2-7,11-12,14-15,23,25-26,28-29H,8-10,13,16-22H2,1H3/t23-,25+,26+,28-,29-/m1/s1. The van der Waals surface area contributed by atoms with Gasteiger partial charge >= 0.3 is 12.2 Å². The van der Waals surface area contributed by atoms with Gasteiger partial charge in [0, 0.05) is 25.2 Å². The van der Waals surface area contributed by atoms with Gasteiger partial charge in [-0.2, -0.15) is 0 Å². The Morgan fingerprint density at radius 2 is 1.57 bits per heavy atom. The van der Waals surface area contributed by atoms with E-state index in [0.717, 1.165) is 70.0 Å². The second-order valence-corrected chi connectivity index (χ2v) is 11.2. The lowest BCUT2D eigenvalue weighted by molar-refractivity contribution is -0.000805. The minimum atomic E-state index is -0.225. The summed E-state index contributed by atoms with van der Waals surface area (Å²) in [6.07, 6.45) is 8.12. The van der Waals surface area contributed by atoms with Crippen molar-refractivity contribution in [3.05, 3.63) is 66.2 Å². The van der Waals surface area contributed by atoms with Crippen molar-refractivity contribution in [3.63, 3.8) is 0 Å². The lowest BCUT2D eigenvalue weighted by Crippen LogP contribution is -2.55. The Morgan fingerprint density at radius 3 is 2.35 bits per heavy atom. The second-order valence-electron chi connectivity index (χ2n) is 11.2. The van der Waals surface area contributed by atoms with Crippen molar-refractivity contribution in [3.8, 4) is 5.75 Å². The van der Waals surface area contributed by atoms with Gasteiger partial charge in [-0.3, -0.25) is 0 Å². The molecular formula is C31H40N2O4. The normalized spacial score (nSPS) is 27.8. The van der Waals surface area contributed by atoms with Crippen LogP contribution < -0.4 is 4.74 Å². The number of para-hydroxylation sites is 1. The van der Waals surface area contributed by atoms with Gasteiger partial charge in [-0.15, -0.1) is 0 Å². The van der Waals surface area contributed by atoms with E-state index in [1.165, 1.54) is 0 Å². The van der Waals surface area contributed by atoms with Crippen molar-refractivity contribution in [1.29, 1.82) is 0 Å². The minimum Gasteiger partial charge on any atom is -0.445 e. The number of amides is 2. The van der Waals surface area contributed by atoms with E-state index in [4.69, 9.17) is 9.47 Å². The molecule has 2 aliphatic heterocycles. The van der Waals surface area contributed by atoms with Gasteiger partial charge in [-0.1, -0.05) is 55.5 Å². The van der Waals surface area contributed by atoms with Crippen LogP contribution in [0.25, 0.3) is 0 Å². The summed E-state index contributed by atoms with van der Waals surface area (Å²) in [7, 11) is 0. The Morgan fingerprint density at radius 1 is 0.838 bits per heavy atom. The molecule has 37 heavy (non-hydrogen) atoms. The van der Waals surface area contributed by atoms with E-state index >= 15 is 0 Å². The molecule has 5 rings (SSSR count). The molecule has 3 fully saturated rings. The van der Waals surface area contributed by atoms with Crippen molar-refractivity contribution in [1.82, 2.24) is 9.80 Å². The molecule has 6 nitrogen and oxygen atoms in total. The Hall–Kier alpha value is -3.02. The third-order valence-electron chi connectivity index (χ3n) is 8.61. The van der Waals surface area contributed by atoms with Crippen LogP contribution in [0.5, 0.6) is 5.75 Å². The van der Waals surface area contributed by atoms with Crippen LogP contribution in [0, 0.1) is 17.8 Å². The zero-order valence-corrected chi connectivity index (χ0v) is 22.0. The first-order chi connectivity index (χ1) is 18.1. The summed E-state index contributed by atoms with van der Waals surface area (Å²) in [4.78, 5) is 30.3. The van der Waals surface area contributed by atoms with E-state index in [1.807, 2.05) is 70.5 Å². The summed E-state index contributed by atoms with van der Waals surface area (Å²) in [6.45, 7) is 4.15. The number of nitrogens with zero attached hydrogens (tertiary/aromatic N) is 2. The first-order valence-corrected chi connectivity index (χ1v) is 14.1. The number of hydrogen-bond donors (Lipinski definition) is 0. The molecule has 6 heteroatoms. The fourth-order valence-corrected chi connectivity index (χ4v) is 6.92. The van der Waals surface area contributed by atoms with Gasteiger partial charge in [-0.25, -0.2) is 9.59 Å². The second kappa shape index (κ2) is 12.0. The third-order valence-corrected chi connectivity index (χ3v) is 8.61. The molecule has 0 spiro atoms. The number of piperidine rings is 2. The number of carbonyl (C=O) groups is 2. The highest BCUT2D eigenvalue weighted by molar-refractivity contribution is 5.71. The van der Waals surface area contributed by atoms with Gasteiger partial charge in [0.15, 0.2) is 0 Å². The maximum Gasteiger partial charge on any atom is 0.415 e. The van der Waals surface area contributed by atoms with Crippen LogP contribution in [0.4, 0.5) is 9.59 Å². The van der Waals surface area contributed by atoms with Gasteiger partial charge in [0.05, 0.1) is 0 Å². The Bertz CT molecular complexity index is 1030. The highest BCUT2D eigenvalue weighted by atomic mass is 16.6. The number of hydrogen-bond acceptors (Lipinski definition) is 4. The summed E-state index contributed by atoms with van der Waals surface area (Å²) in [6, 6.07) is 19.7. The quantitative estimate of drug-likeness (QED) is 0.445. The van der Waals surface area contributed by atoms with Crippen molar-refractivity contribution >= 4 is 12.2 Å². The zero-order chi connectivity index (χ0) is 25.6. The maximum atomic E-state index is 13.2. The number of fused-ring (bicyclic) bond motifs is 1. The Balaban J connectivity index is 1.24. The van der Waals surface area contributed by atoms with Gasteiger partial charge in [-0.05, 0) is 86.8 Å². The molecule has 1 saturated carbocycles. The number of rotatable bonds is 5. The smallest absolute Gasteiger partial charge is 0.415 e. The van der Waals surface area contributed by atoms with Crippen LogP contribution in [0.2, 0.25) is 0 Å². The molecule has 0 radical (unpaired) electrons. The van der Waals surface area contributed by atoms with E-state index < -0.39 is 0 Å². The predicted molar refractivity (Wildman–Crippen MR) is 143 cm³/mol. The first-order valence-electron chi connectivity index (χ1n) is 14.1. The highest BCUT2D eigenvalue weighted by Crippen LogP contribution is 2.45. The average Bonchev–Trinajstić information content (AvgIpc) is 2.93. The Labute approximate surface area is 220 Å². The Kier molecular flexibility index (Phi) is 8.32. The lowest BCUT2D eigenvalue weighted by atomic mass is 9.65. The molecule has 0 unspecified atom stereocenters. The monoisotopic (exact) mass is 504 g/mol. The molecule has 2 heterocycles. The number of likely N-dealkylation sites (tertiary alicyclic amines) is 2. The molecule has 2 amide bonds. The van der Waals surface area contributed by atoms with Crippen molar-refractivity contribution in [2.24, 2.45) is 17.8 Å². The van der Waals surface area contributed by atoms with Crippen LogP contribution in [0.1, 0.15) is 63.9 Å². The van der Waals surface area contributed by atoms with Crippen LogP contribution in [-0.2, 0) is 11.3 Å². The van der Waals surface area contributed by atoms with Crippen LogP contribution in [0.15, 0.2) is 60.7 Å². The molecule has 0 N–H and O–H groups in total. The topological polar surface area (TPSA) is 59.1 Å². The van der Waals surface area contributed by atoms with Gasteiger partial charge in [0.25, 0.3) is 0 Å². The lowest BCUT2D eigenvalue weighted by Gasteiger charge is -2.50. The fourth-order valence-electron chi connectivity index (χ4n) is 6.92.